The van der Waals surface area contributed by atoms with Gasteiger partial charge >= 0.3 is 0 Å². The molecule has 4 N–H and O–H groups in total. The van der Waals surface area contributed by atoms with Gasteiger partial charge < -0.3 is 16.2 Å². The molecule has 1 aromatic rings. The lowest BCUT2D eigenvalue weighted by Crippen LogP contribution is -2.46. The fourth-order valence-electron chi connectivity index (χ4n) is 1.72. The highest BCUT2D eigenvalue weighted by Gasteiger charge is 2.22. The maximum absolute atomic E-state index is 12.1. The minimum absolute atomic E-state index is 0.0360. The zero-order chi connectivity index (χ0) is 14.6. The van der Waals surface area contributed by atoms with Crippen LogP contribution in [0, 0.1) is 5.92 Å². The van der Waals surface area contributed by atoms with E-state index in [9.17, 15) is 9.90 Å². The van der Waals surface area contributed by atoms with Crippen LogP contribution in [-0.4, -0.2) is 23.1 Å². The molecule has 0 spiro atoms. The molecule has 0 heterocycles. The molecule has 0 radical (unpaired) electrons. The Morgan fingerprint density at radius 1 is 1.47 bits per heavy atom. The number of nitrogens with one attached hydrogen (secondary N) is 1. The highest BCUT2D eigenvalue weighted by Crippen LogP contribution is 2.24. The summed E-state index contributed by atoms with van der Waals surface area (Å²) in [5.41, 5.74) is 6.26. The number of nitrogens with two attached hydrogens (primary N) is 1. The molecule has 1 atom stereocenters. The largest absolute Gasteiger partial charge is 0.506 e. The van der Waals surface area contributed by atoms with Crippen molar-refractivity contribution >= 4 is 17.5 Å². The second-order valence-corrected chi connectivity index (χ2v) is 6.07. The van der Waals surface area contributed by atoms with Crippen LogP contribution in [0.1, 0.15) is 26.3 Å². The Bertz CT molecular complexity index is 455. The van der Waals surface area contributed by atoms with E-state index in [1.807, 2.05) is 20.8 Å². The molecule has 0 aliphatic rings. The maximum Gasteiger partial charge on any atom is 0.225 e. The SMILES string of the molecule is CC(C)(C)NC(=O)C(CN)Cc1ccc(O)c(Cl)c1. The first-order valence-electron chi connectivity index (χ1n) is 6.22. The van der Waals surface area contributed by atoms with Crippen LogP contribution in [-0.2, 0) is 11.2 Å². The van der Waals surface area contributed by atoms with Crippen molar-refractivity contribution in [1.29, 1.82) is 0 Å². The maximum atomic E-state index is 12.1. The Balaban J connectivity index is 2.76. The van der Waals surface area contributed by atoms with Gasteiger partial charge in [0.05, 0.1) is 10.9 Å². The topological polar surface area (TPSA) is 75.4 Å². The van der Waals surface area contributed by atoms with Crippen molar-refractivity contribution in [2.45, 2.75) is 32.7 Å². The standard InChI is InChI=1S/C14H21ClN2O2/c1-14(2,3)17-13(19)10(8-16)6-9-4-5-12(18)11(15)7-9/h4-5,7,10,18H,6,8,16H2,1-3H3,(H,17,19). The Kier molecular flexibility index (Phi) is 5.20. The molecule has 0 saturated carbocycles. The molecule has 0 bridgehead atoms. The highest BCUT2D eigenvalue weighted by atomic mass is 35.5. The number of hydrogen-bond acceptors (Lipinski definition) is 3. The van der Waals surface area contributed by atoms with Crippen LogP contribution < -0.4 is 11.1 Å². The molecule has 1 unspecified atom stereocenters. The molecule has 4 nitrogen and oxygen atoms in total. The van der Waals surface area contributed by atoms with Crippen LogP contribution >= 0.6 is 11.6 Å². The van der Waals surface area contributed by atoms with Crippen molar-refractivity contribution in [3.05, 3.63) is 28.8 Å². The van der Waals surface area contributed by atoms with Crippen molar-refractivity contribution in [1.82, 2.24) is 5.32 Å². The Labute approximate surface area is 118 Å². The molecule has 19 heavy (non-hydrogen) atoms. The fraction of sp³-hybridized carbons (Fsp3) is 0.500. The predicted molar refractivity (Wildman–Crippen MR) is 77.3 cm³/mol. The van der Waals surface area contributed by atoms with E-state index in [1.165, 1.54) is 6.07 Å². The Morgan fingerprint density at radius 2 is 2.11 bits per heavy atom. The minimum Gasteiger partial charge on any atom is -0.506 e. The van der Waals surface area contributed by atoms with E-state index in [0.717, 1.165) is 5.56 Å². The molecule has 0 saturated heterocycles. The van der Waals surface area contributed by atoms with Crippen molar-refractivity contribution < 1.29 is 9.90 Å². The number of halogens is 1. The average molecular weight is 285 g/mol. The first-order chi connectivity index (χ1) is 8.73. The molecule has 106 valence electrons. The summed E-state index contributed by atoms with van der Waals surface area (Å²) >= 11 is 5.84. The first-order valence-corrected chi connectivity index (χ1v) is 6.60. The summed E-state index contributed by atoms with van der Waals surface area (Å²) < 4.78 is 0. The third-order valence-electron chi connectivity index (χ3n) is 2.65. The van der Waals surface area contributed by atoms with Crippen LogP contribution in [0.3, 0.4) is 0 Å². The van der Waals surface area contributed by atoms with Gasteiger partial charge in [-0.2, -0.15) is 0 Å². The van der Waals surface area contributed by atoms with Crippen LogP contribution in [0.25, 0.3) is 0 Å². The number of phenols is 1. The summed E-state index contributed by atoms with van der Waals surface area (Å²) in [5, 5.41) is 12.6. The van der Waals surface area contributed by atoms with Crippen LogP contribution in [0.2, 0.25) is 5.02 Å². The van der Waals surface area contributed by atoms with E-state index in [-0.39, 0.29) is 34.7 Å². The second-order valence-electron chi connectivity index (χ2n) is 5.66. The van der Waals surface area contributed by atoms with Crippen LogP contribution in [0.5, 0.6) is 5.75 Å². The summed E-state index contributed by atoms with van der Waals surface area (Å²) in [6.45, 7) is 6.04. The summed E-state index contributed by atoms with van der Waals surface area (Å²) in [4.78, 5) is 12.1. The fourth-order valence-corrected chi connectivity index (χ4v) is 1.92. The second kappa shape index (κ2) is 6.26. The van der Waals surface area contributed by atoms with Gasteiger partial charge in [-0.1, -0.05) is 17.7 Å². The third kappa shape index (κ3) is 5.09. The first kappa shape index (κ1) is 15.8. The molecule has 1 amide bonds. The summed E-state index contributed by atoms with van der Waals surface area (Å²) in [6, 6.07) is 4.92. The van der Waals surface area contributed by atoms with Crippen LogP contribution in [0.15, 0.2) is 18.2 Å². The molecule has 1 aromatic carbocycles. The molecule has 0 aliphatic heterocycles. The van der Waals surface area contributed by atoms with E-state index in [4.69, 9.17) is 17.3 Å². The summed E-state index contributed by atoms with van der Waals surface area (Å²) in [7, 11) is 0. The molecule has 0 aromatic heterocycles. The molecule has 0 fully saturated rings. The van der Waals surface area contributed by atoms with Crippen LogP contribution in [0.4, 0.5) is 0 Å². The number of hydrogen-bond donors (Lipinski definition) is 3. The lowest BCUT2D eigenvalue weighted by atomic mass is 9.97. The molecular weight excluding hydrogens is 264 g/mol. The lowest BCUT2D eigenvalue weighted by Gasteiger charge is -2.24. The number of aromatic hydroxyl groups is 1. The molecule has 1 rings (SSSR count). The lowest BCUT2D eigenvalue weighted by molar-refractivity contribution is -0.126. The van der Waals surface area contributed by atoms with Gasteiger partial charge in [0.25, 0.3) is 0 Å². The quantitative estimate of drug-likeness (QED) is 0.792. The number of benzene rings is 1. The normalized spacial score (nSPS) is 13.1. The summed E-state index contributed by atoms with van der Waals surface area (Å²) in [6.07, 6.45) is 0.498. The van der Waals surface area contributed by atoms with Gasteiger partial charge in [-0.05, 0) is 44.9 Å². The highest BCUT2D eigenvalue weighted by molar-refractivity contribution is 6.32. The van der Waals surface area contributed by atoms with Crippen molar-refractivity contribution in [2.24, 2.45) is 11.7 Å². The Hall–Kier alpha value is -1.26. The minimum atomic E-state index is -0.306. The zero-order valence-corrected chi connectivity index (χ0v) is 12.3. The van der Waals surface area contributed by atoms with Gasteiger partial charge in [0, 0.05) is 12.1 Å². The summed E-state index contributed by atoms with van der Waals surface area (Å²) in [5.74, 6) is -0.340. The smallest absolute Gasteiger partial charge is 0.225 e. The van der Waals surface area contributed by atoms with Crippen molar-refractivity contribution in [3.63, 3.8) is 0 Å². The number of carbonyl (C=O) groups excluding carboxylic acids is 1. The number of carbonyl (C=O) groups is 1. The Morgan fingerprint density at radius 3 is 2.58 bits per heavy atom. The van der Waals surface area contributed by atoms with Crippen molar-refractivity contribution in [2.75, 3.05) is 6.54 Å². The van der Waals surface area contributed by atoms with E-state index in [2.05, 4.69) is 5.32 Å². The molecule has 0 aliphatic carbocycles. The molecular formula is C14H21ClN2O2. The van der Waals surface area contributed by atoms with Gasteiger partial charge in [-0.3, -0.25) is 4.79 Å². The van der Waals surface area contributed by atoms with Crippen molar-refractivity contribution in [3.8, 4) is 5.75 Å². The van der Waals surface area contributed by atoms with Gasteiger partial charge in [0.2, 0.25) is 5.91 Å². The molecule has 5 heteroatoms. The van der Waals surface area contributed by atoms with Gasteiger partial charge in [0.15, 0.2) is 0 Å². The van der Waals surface area contributed by atoms with Gasteiger partial charge in [-0.15, -0.1) is 0 Å². The number of rotatable bonds is 4. The number of amides is 1. The van der Waals surface area contributed by atoms with E-state index in [0.29, 0.717) is 6.42 Å². The third-order valence-corrected chi connectivity index (χ3v) is 2.95. The monoisotopic (exact) mass is 284 g/mol. The van der Waals surface area contributed by atoms with Gasteiger partial charge in [0.1, 0.15) is 5.75 Å². The van der Waals surface area contributed by atoms with E-state index in [1.54, 1.807) is 12.1 Å². The van der Waals surface area contributed by atoms with E-state index >= 15 is 0 Å². The zero-order valence-electron chi connectivity index (χ0n) is 11.5. The number of phenolic OH excluding ortho intramolecular Hbond substituents is 1. The average Bonchev–Trinajstić information content (AvgIpc) is 2.28. The van der Waals surface area contributed by atoms with E-state index < -0.39 is 0 Å². The van der Waals surface area contributed by atoms with Gasteiger partial charge in [-0.25, -0.2) is 0 Å². The predicted octanol–water partition coefficient (Wildman–Crippen LogP) is 2.08.